The molecule has 0 amide bonds. The van der Waals surface area contributed by atoms with E-state index in [1.54, 1.807) is 0 Å². The summed E-state index contributed by atoms with van der Waals surface area (Å²) in [5, 5.41) is 0. The second-order valence-corrected chi connectivity index (χ2v) is 20.9. The van der Waals surface area contributed by atoms with E-state index in [4.69, 9.17) is 14.2 Å². The van der Waals surface area contributed by atoms with E-state index < -0.39 is 6.10 Å². The van der Waals surface area contributed by atoms with Crippen molar-refractivity contribution in [1.29, 1.82) is 0 Å². The third-order valence-electron chi connectivity index (χ3n) is 13.6. The Morgan fingerprint density at radius 3 is 0.878 bits per heavy atom. The first-order chi connectivity index (χ1) is 36.5. The van der Waals surface area contributed by atoms with Crippen LogP contribution in [0.3, 0.4) is 0 Å². The lowest BCUT2D eigenvalue weighted by Gasteiger charge is -2.18. The Morgan fingerprint density at radius 2 is 0.541 bits per heavy atom. The van der Waals surface area contributed by atoms with Crippen molar-refractivity contribution in [3.63, 3.8) is 0 Å². The zero-order chi connectivity index (χ0) is 53.6. The highest BCUT2D eigenvalue weighted by atomic mass is 16.6. The molecule has 1 atom stereocenters. The molecule has 0 aliphatic rings. The van der Waals surface area contributed by atoms with Crippen molar-refractivity contribution >= 4 is 17.9 Å². The zero-order valence-electron chi connectivity index (χ0n) is 48.8. The van der Waals surface area contributed by atoms with Gasteiger partial charge in [0.25, 0.3) is 0 Å². The first-order valence-corrected chi connectivity index (χ1v) is 31.6. The van der Waals surface area contributed by atoms with Gasteiger partial charge in [0, 0.05) is 19.3 Å². The number of carbonyl (C=O) groups excluding carboxylic acids is 3. The van der Waals surface area contributed by atoms with Crippen LogP contribution in [0.1, 0.15) is 310 Å². The van der Waals surface area contributed by atoms with E-state index in [-0.39, 0.29) is 37.5 Å². The maximum absolute atomic E-state index is 12.9. The maximum atomic E-state index is 12.9. The normalized spacial score (nSPS) is 12.6. The van der Waals surface area contributed by atoms with Gasteiger partial charge in [0.05, 0.1) is 0 Å². The van der Waals surface area contributed by atoms with Crippen LogP contribution in [0.5, 0.6) is 0 Å². The van der Waals surface area contributed by atoms with E-state index in [0.717, 1.165) is 122 Å². The molecule has 0 aromatic heterocycles. The predicted octanol–water partition coefficient (Wildman–Crippen LogP) is 21.5. The predicted molar refractivity (Wildman–Crippen MR) is 321 cm³/mol. The molecule has 0 fully saturated rings. The van der Waals surface area contributed by atoms with Crippen LogP contribution in [0.25, 0.3) is 0 Å². The summed E-state index contributed by atoms with van der Waals surface area (Å²) in [6.45, 7) is 6.48. The summed E-state index contributed by atoms with van der Waals surface area (Å²) in [6, 6.07) is 0. The second kappa shape index (κ2) is 62.1. The van der Waals surface area contributed by atoms with Crippen LogP contribution in [-0.2, 0) is 28.6 Å². The minimum absolute atomic E-state index is 0.0924. The summed E-state index contributed by atoms with van der Waals surface area (Å²) in [5.74, 6) is -0.928. The molecule has 74 heavy (non-hydrogen) atoms. The summed E-state index contributed by atoms with van der Waals surface area (Å²) in [4.78, 5) is 38.3. The van der Waals surface area contributed by atoms with E-state index in [1.165, 1.54) is 148 Å². The highest BCUT2D eigenvalue weighted by Gasteiger charge is 2.19. The molecule has 0 N–H and O–H groups in total. The van der Waals surface area contributed by atoms with Gasteiger partial charge in [-0.15, -0.1) is 0 Å². The van der Waals surface area contributed by atoms with Crippen molar-refractivity contribution in [2.24, 2.45) is 0 Å². The summed E-state index contributed by atoms with van der Waals surface area (Å²) in [5.41, 5.74) is 0. The van der Waals surface area contributed by atoms with Crippen LogP contribution in [0, 0.1) is 0 Å². The van der Waals surface area contributed by atoms with Gasteiger partial charge in [0.2, 0.25) is 0 Å². The van der Waals surface area contributed by atoms with Crippen molar-refractivity contribution in [3.05, 3.63) is 85.1 Å². The lowest BCUT2D eigenvalue weighted by Crippen LogP contribution is -2.30. The van der Waals surface area contributed by atoms with Crippen LogP contribution in [0.15, 0.2) is 85.1 Å². The van der Waals surface area contributed by atoms with Crippen LogP contribution in [-0.4, -0.2) is 37.2 Å². The van der Waals surface area contributed by atoms with E-state index in [1.807, 2.05) is 0 Å². The number of carbonyl (C=O) groups is 3. The summed E-state index contributed by atoms with van der Waals surface area (Å²) in [7, 11) is 0. The van der Waals surface area contributed by atoms with E-state index in [0.29, 0.717) is 12.8 Å². The van der Waals surface area contributed by atoms with Gasteiger partial charge in [0.1, 0.15) is 13.2 Å². The summed E-state index contributed by atoms with van der Waals surface area (Å²) < 4.78 is 16.9. The Kier molecular flexibility index (Phi) is 59.3. The quantitative estimate of drug-likeness (QED) is 0.0261. The van der Waals surface area contributed by atoms with Crippen molar-refractivity contribution in [2.45, 2.75) is 316 Å². The SMILES string of the molecule is CC/C=C\C/C=C\C/C=C\C/C=C\C/C=C\CCCCCC(=O)OC(COC(=O)CCCCCCC/C=C\C/C=C\CCCC)COC(=O)CCCCCCCCCCCCCCCCCCCCCCCCC. The fraction of sp³-hybridized carbons (Fsp3) is 0.750. The average Bonchev–Trinajstić information content (AvgIpc) is 3.40. The lowest BCUT2D eigenvalue weighted by atomic mass is 10.0. The number of hydrogen-bond acceptors (Lipinski definition) is 6. The number of esters is 3. The molecule has 0 aromatic rings. The molecule has 0 spiro atoms. The molecule has 0 heterocycles. The van der Waals surface area contributed by atoms with Crippen LogP contribution >= 0.6 is 0 Å². The number of hydrogen-bond donors (Lipinski definition) is 0. The summed E-state index contributed by atoms with van der Waals surface area (Å²) in [6.07, 6.45) is 81.6. The van der Waals surface area contributed by atoms with Crippen LogP contribution < -0.4 is 0 Å². The van der Waals surface area contributed by atoms with Gasteiger partial charge < -0.3 is 14.2 Å². The first kappa shape index (κ1) is 70.6. The summed E-state index contributed by atoms with van der Waals surface area (Å²) >= 11 is 0. The highest BCUT2D eigenvalue weighted by molar-refractivity contribution is 5.71. The largest absolute Gasteiger partial charge is 0.462 e. The molecule has 0 rings (SSSR count). The Hall–Kier alpha value is -3.41. The standard InChI is InChI=1S/C68H118O6/c1-4-7-10-13-16-19-22-25-28-30-32-33-34-35-37-38-40-43-46-49-52-55-58-61-67(70)73-64-65(63-72-66(69)60-57-54-51-48-45-42-27-24-21-18-15-12-9-6-3)74-68(71)62-59-56-53-50-47-44-41-39-36-31-29-26-23-20-17-14-11-8-5-2/h8,11,15,17-18,20,24,26-27,29,36,39,44,47,65H,4-7,9-10,12-14,16,19,21-23,25,28,30-35,37-38,40-43,45-46,48-64H2,1-3H3/b11-8-,18-15-,20-17-,27-24-,29-26-,39-36-,47-44-. The van der Waals surface area contributed by atoms with Crippen molar-refractivity contribution in [1.82, 2.24) is 0 Å². The molecule has 0 saturated heterocycles. The second-order valence-electron chi connectivity index (χ2n) is 20.9. The Bertz CT molecular complexity index is 1420. The number of allylic oxidation sites excluding steroid dienone is 14. The van der Waals surface area contributed by atoms with E-state index in [9.17, 15) is 14.4 Å². The third kappa shape index (κ3) is 59.5. The molecule has 0 radical (unpaired) electrons. The fourth-order valence-electron chi connectivity index (χ4n) is 8.90. The molecule has 0 saturated carbocycles. The van der Waals surface area contributed by atoms with Gasteiger partial charge in [-0.05, 0) is 89.9 Å². The van der Waals surface area contributed by atoms with E-state index >= 15 is 0 Å². The van der Waals surface area contributed by atoms with Gasteiger partial charge in [-0.2, -0.15) is 0 Å². The minimum Gasteiger partial charge on any atom is -0.462 e. The van der Waals surface area contributed by atoms with E-state index in [2.05, 4.69) is 106 Å². The van der Waals surface area contributed by atoms with Gasteiger partial charge in [0.15, 0.2) is 6.10 Å². The Labute approximate surface area is 458 Å². The molecule has 426 valence electrons. The monoisotopic (exact) mass is 1030 g/mol. The molecule has 1 unspecified atom stereocenters. The van der Waals surface area contributed by atoms with Gasteiger partial charge in [-0.3, -0.25) is 14.4 Å². The topological polar surface area (TPSA) is 78.9 Å². The first-order valence-electron chi connectivity index (χ1n) is 31.6. The molecule has 6 nitrogen and oxygen atoms in total. The smallest absolute Gasteiger partial charge is 0.306 e. The van der Waals surface area contributed by atoms with Crippen LogP contribution in [0.2, 0.25) is 0 Å². The van der Waals surface area contributed by atoms with Crippen molar-refractivity contribution in [3.8, 4) is 0 Å². The third-order valence-corrected chi connectivity index (χ3v) is 13.6. The molecule has 0 bridgehead atoms. The van der Waals surface area contributed by atoms with Gasteiger partial charge in [-0.1, -0.05) is 286 Å². The fourth-order valence-corrected chi connectivity index (χ4v) is 8.90. The lowest BCUT2D eigenvalue weighted by molar-refractivity contribution is -0.167. The molecule has 0 aromatic carbocycles. The van der Waals surface area contributed by atoms with Crippen LogP contribution in [0.4, 0.5) is 0 Å². The number of unbranched alkanes of at least 4 members (excludes halogenated alkanes) is 32. The average molecular weight is 1030 g/mol. The number of ether oxygens (including phenoxy) is 3. The molecule has 6 heteroatoms. The van der Waals surface area contributed by atoms with Crippen molar-refractivity contribution in [2.75, 3.05) is 13.2 Å². The maximum Gasteiger partial charge on any atom is 0.306 e. The molecular formula is C68H118O6. The van der Waals surface area contributed by atoms with Gasteiger partial charge in [-0.25, -0.2) is 0 Å². The molecular weight excluding hydrogens is 913 g/mol. The molecule has 0 aliphatic heterocycles. The minimum atomic E-state index is -0.800. The number of rotatable bonds is 57. The Morgan fingerprint density at radius 1 is 0.284 bits per heavy atom. The van der Waals surface area contributed by atoms with Gasteiger partial charge >= 0.3 is 17.9 Å². The highest BCUT2D eigenvalue weighted by Crippen LogP contribution is 2.17. The Balaban J connectivity index is 4.37. The zero-order valence-corrected chi connectivity index (χ0v) is 48.8. The van der Waals surface area contributed by atoms with Crippen molar-refractivity contribution < 1.29 is 28.6 Å². The molecule has 0 aliphatic carbocycles.